The first-order chi connectivity index (χ1) is 22.4. The van der Waals surface area contributed by atoms with Crippen LogP contribution in [0.25, 0.3) is 34.0 Å². The van der Waals surface area contributed by atoms with Gasteiger partial charge in [0.2, 0.25) is 11.2 Å². The van der Waals surface area contributed by atoms with Gasteiger partial charge in [-0.15, -0.1) is 5.10 Å². The highest BCUT2D eigenvalue weighted by molar-refractivity contribution is 5.84. The smallest absolute Gasteiger partial charge is 0.343 e. The van der Waals surface area contributed by atoms with Crippen molar-refractivity contribution in [3.8, 4) is 0 Å². The number of hydrogen-bond donors (Lipinski definition) is 1. The highest BCUT2D eigenvalue weighted by atomic mass is 127. The molecule has 1 aliphatic heterocycles. The minimum absolute atomic E-state index is 0. The highest BCUT2D eigenvalue weighted by Crippen LogP contribution is 2.27. The number of anilines is 2. The monoisotopic (exact) mass is 753 g/mol. The summed E-state index contributed by atoms with van der Waals surface area (Å²) in [6, 6.07) is 15.2. The molecular formula is C35H41FIN7O3. The summed E-state index contributed by atoms with van der Waals surface area (Å²) in [6.07, 6.45) is 6.24. The van der Waals surface area contributed by atoms with Crippen LogP contribution in [-0.2, 0) is 20.1 Å². The fourth-order valence-corrected chi connectivity index (χ4v) is 6.15. The molecule has 1 saturated heterocycles. The number of halogens is 2. The van der Waals surface area contributed by atoms with Crippen LogP contribution >= 0.6 is 0 Å². The van der Waals surface area contributed by atoms with Gasteiger partial charge in [0.1, 0.15) is 18.4 Å². The van der Waals surface area contributed by atoms with Crippen LogP contribution in [0.15, 0.2) is 63.9 Å². The molecule has 1 fully saturated rings. The molecule has 5 aromatic rings. The van der Waals surface area contributed by atoms with Crippen molar-refractivity contribution in [3.63, 3.8) is 0 Å². The summed E-state index contributed by atoms with van der Waals surface area (Å²) < 4.78 is 24.9. The third-order valence-corrected chi connectivity index (χ3v) is 8.82. The van der Waals surface area contributed by atoms with Crippen LogP contribution in [0.1, 0.15) is 37.2 Å². The molecule has 0 spiro atoms. The van der Waals surface area contributed by atoms with Gasteiger partial charge in [-0.2, -0.15) is 4.57 Å². The molecular weight excluding hydrogens is 712 g/mol. The number of pyridine rings is 1. The van der Waals surface area contributed by atoms with Gasteiger partial charge in [0.05, 0.1) is 16.9 Å². The Labute approximate surface area is 290 Å². The van der Waals surface area contributed by atoms with E-state index in [4.69, 9.17) is 9.52 Å². The first kappa shape index (κ1) is 34.5. The van der Waals surface area contributed by atoms with E-state index in [1.807, 2.05) is 60.3 Å². The van der Waals surface area contributed by atoms with Crippen LogP contribution in [0.4, 0.5) is 15.8 Å². The number of aromatic nitrogens is 4. The number of rotatable bonds is 11. The second-order valence-corrected chi connectivity index (χ2v) is 11.7. The lowest BCUT2D eigenvalue weighted by Crippen LogP contribution is -3.00. The molecule has 4 heterocycles. The maximum absolute atomic E-state index is 15.4. The van der Waals surface area contributed by atoms with Crippen LogP contribution in [-0.4, -0.2) is 70.9 Å². The predicted octanol–water partition coefficient (Wildman–Crippen LogP) is 1.23. The molecule has 1 N–H and O–H groups in total. The molecule has 0 saturated carbocycles. The molecule has 12 heteroatoms. The fourth-order valence-electron chi connectivity index (χ4n) is 6.15. The minimum Gasteiger partial charge on any atom is -1.00 e. The lowest BCUT2D eigenvalue weighted by Gasteiger charge is -2.35. The van der Waals surface area contributed by atoms with Crippen molar-refractivity contribution in [2.24, 2.45) is 7.05 Å². The summed E-state index contributed by atoms with van der Waals surface area (Å²) >= 11 is 0. The Kier molecular flexibility index (Phi) is 11.3. The van der Waals surface area contributed by atoms with Gasteiger partial charge in [0.15, 0.2) is 0 Å². The molecule has 10 nitrogen and oxygen atoms in total. The lowest BCUT2D eigenvalue weighted by molar-refractivity contribution is -0.646. The number of benzene rings is 2. The number of fused-ring (bicyclic) bond motifs is 2. The maximum Gasteiger partial charge on any atom is 0.343 e. The van der Waals surface area contributed by atoms with Crippen LogP contribution in [0, 0.1) is 5.82 Å². The zero-order valence-corrected chi connectivity index (χ0v) is 29.2. The topological polar surface area (TPSA) is 94.8 Å². The van der Waals surface area contributed by atoms with Crippen molar-refractivity contribution in [1.29, 1.82) is 0 Å². The molecule has 6 rings (SSSR count). The van der Waals surface area contributed by atoms with Crippen LogP contribution in [0.3, 0.4) is 0 Å². The summed E-state index contributed by atoms with van der Waals surface area (Å²) in [6.45, 7) is 10.3. The number of aryl methyl sites for hydroxylation is 2. The Hall–Kier alpha value is -3.88. The molecule has 248 valence electrons. The Morgan fingerprint density at radius 2 is 1.79 bits per heavy atom. The van der Waals surface area contributed by atoms with Crippen molar-refractivity contribution in [2.45, 2.75) is 33.4 Å². The van der Waals surface area contributed by atoms with E-state index in [2.05, 4.69) is 44.9 Å². The zero-order valence-electron chi connectivity index (χ0n) is 27.1. The highest BCUT2D eigenvalue weighted by Gasteiger charge is 2.23. The van der Waals surface area contributed by atoms with Gasteiger partial charge in [-0.05, 0) is 56.7 Å². The SMILES string of the molecule is CCN(CC)c1ccc2cc(/C=C/c3ccc4cc(F)c(N5CCN(Cc6cn(CCCO)nn6)CC5)cc4[n+]3C)c(=O)oc2c1.[I-]. The summed E-state index contributed by atoms with van der Waals surface area (Å²) in [5, 5.41) is 19.1. The molecule has 0 unspecified atom stereocenters. The van der Waals surface area contributed by atoms with Crippen molar-refractivity contribution in [1.82, 2.24) is 19.9 Å². The number of nitrogens with zero attached hydrogens (tertiary/aromatic N) is 7. The summed E-state index contributed by atoms with van der Waals surface area (Å²) in [5.74, 6) is -0.242. The molecule has 0 aliphatic carbocycles. The second-order valence-electron chi connectivity index (χ2n) is 11.7. The summed E-state index contributed by atoms with van der Waals surface area (Å²) in [4.78, 5) is 19.5. The Morgan fingerprint density at radius 3 is 2.53 bits per heavy atom. The molecule has 0 radical (unpaired) electrons. The Bertz CT molecular complexity index is 1930. The normalized spacial score (nSPS) is 13.9. The molecule has 0 amide bonds. The van der Waals surface area contributed by atoms with E-state index in [0.717, 1.165) is 59.5 Å². The van der Waals surface area contributed by atoms with Gasteiger partial charge in [-0.3, -0.25) is 9.58 Å². The fraction of sp³-hybridized carbons (Fsp3) is 0.371. The maximum atomic E-state index is 15.4. The van der Waals surface area contributed by atoms with Gasteiger partial charge in [0.25, 0.3) is 0 Å². The van der Waals surface area contributed by atoms with Gasteiger partial charge in [-0.25, -0.2) is 9.18 Å². The van der Waals surface area contributed by atoms with Gasteiger partial charge in [-0.1, -0.05) is 5.21 Å². The molecule has 3 aromatic heterocycles. The van der Waals surface area contributed by atoms with Gasteiger partial charge < -0.3 is 43.3 Å². The van der Waals surface area contributed by atoms with E-state index in [-0.39, 0.29) is 36.4 Å². The average molecular weight is 754 g/mol. The molecule has 0 atom stereocenters. The van der Waals surface area contributed by atoms with E-state index in [0.29, 0.717) is 49.4 Å². The van der Waals surface area contributed by atoms with Crippen LogP contribution in [0.2, 0.25) is 0 Å². The molecule has 47 heavy (non-hydrogen) atoms. The zero-order chi connectivity index (χ0) is 32.2. The number of aliphatic hydroxyl groups is 1. The molecule has 0 bridgehead atoms. The largest absolute Gasteiger partial charge is 1.00 e. The predicted molar refractivity (Wildman–Crippen MR) is 179 cm³/mol. The van der Waals surface area contributed by atoms with Gasteiger partial charge >= 0.3 is 5.63 Å². The van der Waals surface area contributed by atoms with Crippen LogP contribution in [0.5, 0.6) is 0 Å². The second kappa shape index (κ2) is 15.3. The molecule has 2 aromatic carbocycles. The Morgan fingerprint density at radius 1 is 1.02 bits per heavy atom. The van der Waals surface area contributed by atoms with E-state index < -0.39 is 5.63 Å². The van der Waals surface area contributed by atoms with Crippen LogP contribution < -0.4 is 44.0 Å². The first-order valence-corrected chi connectivity index (χ1v) is 16.0. The van der Waals surface area contributed by atoms with Crippen molar-refractivity contribution in [3.05, 3.63) is 87.9 Å². The van der Waals surface area contributed by atoms with E-state index in [1.54, 1.807) is 16.8 Å². The van der Waals surface area contributed by atoms with Gasteiger partial charge in [0, 0.05) is 106 Å². The van der Waals surface area contributed by atoms with Crippen molar-refractivity contribution < 1.29 is 42.5 Å². The lowest BCUT2D eigenvalue weighted by atomic mass is 10.1. The Balaban J connectivity index is 0.00000433. The van der Waals surface area contributed by atoms with Crippen molar-refractivity contribution >= 4 is 45.4 Å². The van der Waals surface area contributed by atoms with E-state index in [9.17, 15) is 4.79 Å². The number of hydrogen-bond acceptors (Lipinski definition) is 8. The first-order valence-electron chi connectivity index (χ1n) is 16.0. The van der Waals surface area contributed by atoms with Crippen molar-refractivity contribution in [2.75, 3.05) is 55.7 Å². The third-order valence-electron chi connectivity index (χ3n) is 8.82. The third kappa shape index (κ3) is 7.65. The standard InChI is InChI=1S/C35H41FN7O3.HI/c1-4-41(5-2)30-12-8-26-19-27(35(45)46-34(26)21-30)9-11-29-10-7-25-20-31(36)33(22-32(25)39(29)3)42-16-14-40(15-17-42)23-28-24-43(38-37-28)13-6-18-44;/h7-12,19-22,24,44H,4-6,13-18,23H2,1-3H3;1H/q+1;/p-1. The molecule has 1 aliphatic rings. The average Bonchev–Trinajstić information content (AvgIpc) is 3.51. The quantitative estimate of drug-likeness (QED) is 0.123. The summed E-state index contributed by atoms with van der Waals surface area (Å²) in [7, 11) is 1.95. The number of piperazine rings is 1. The number of aliphatic hydroxyl groups excluding tert-OH is 1. The van der Waals surface area contributed by atoms with E-state index >= 15 is 4.39 Å². The minimum atomic E-state index is -0.390. The van der Waals surface area contributed by atoms with E-state index in [1.165, 1.54) is 0 Å². The summed E-state index contributed by atoms with van der Waals surface area (Å²) in [5.41, 5.74) is 4.92.